The zero-order valence-electron chi connectivity index (χ0n) is 8.93. The number of benzene rings is 1. The summed E-state index contributed by atoms with van der Waals surface area (Å²) in [6.07, 6.45) is 1.01. The minimum absolute atomic E-state index is 0.506. The van der Waals surface area contributed by atoms with Gasteiger partial charge in [-0.05, 0) is 24.3 Å². The van der Waals surface area contributed by atoms with Crippen molar-refractivity contribution in [1.82, 2.24) is 0 Å². The van der Waals surface area contributed by atoms with Gasteiger partial charge in [-0.2, -0.15) is 0 Å². The number of hydrogen-bond donors (Lipinski definition) is 0. The predicted molar refractivity (Wildman–Crippen MR) is 67.4 cm³/mol. The lowest BCUT2D eigenvalue weighted by Gasteiger charge is -2.02. The van der Waals surface area contributed by atoms with Crippen LogP contribution in [-0.4, -0.2) is 36.9 Å². The molecular formula is C12H14O2S2. The fraction of sp³-hybridized carbons (Fsp3) is 0.500. The standard InChI is InChI=1S/C12H14O2S2/c1-2-12(16-8-10-6-14-10)4-3-11(1)15-7-9-5-13-9/h1-4,9-10H,5-8H2. The Labute approximate surface area is 104 Å². The fourth-order valence-corrected chi connectivity index (χ4v) is 3.14. The van der Waals surface area contributed by atoms with Crippen molar-refractivity contribution in [3.8, 4) is 0 Å². The summed E-state index contributed by atoms with van der Waals surface area (Å²) in [5.41, 5.74) is 0. The largest absolute Gasteiger partial charge is 0.372 e. The summed E-state index contributed by atoms with van der Waals surface area (Å²) in [6.45, 7) is 1.89. The molecule has 0 spiro atoms. The van der Waals surface area contributed by atoms with E-state index < -0.39 is 0 Å². The van der Waals surface area contributed by atoms with E-state index in [9.17, 15) is 0 Å². The van der Waals surface area contributed by atoms with Crippen molar-refractivity contribution in [2.45, 2.75) is 22.0 Å². The van der Waals surface area contributed by atoms with Gasteiger partial charge in [0.2, 0.25) is 0 Å². The number of hydrogen-bond acceptors (Lipinski definition) is 4. The molecule has 1 aromatic rings. The van der Waals surface area contributed by atoms with Gasteiger partial charge in [0.1, 0.15) is 0 Å². The quantitative estimate of drug-likeness (QED) is 0.575. The Morgan fingerprint density at radius 1 is 0.875 bits per heavy atom. The highest BCUT2D eigenvalue weighted by molar-refractivity contribution is 7.99. The van der Waals surface area contributed by atoms with Gasteiger partial charge in [0.15, 0.2) is 0 Å². The first-order valence-corrected chi connectivity index (χ1v) is 7.46. The maximum Gasteiger partial charge on any atom is 0.0903 e. The van der Waals surface area contributed by atoms with Crippen LogP contribution >= 0.6 is 23.5 Å². The van der Waals surface area contributed by atoms with Crippen LogP contribution in [0.3, 0.4) is 0 Å². The average Bonchev–Trinajstić information content (AvgIpc) is 3.17. The number of thioether (sulfide) groups is 2. The van der Waals surface area contributed by atoms with Crippen LogP contribution < -0.4 is 0 Å². The van der Waals surface area contributed by atoms with E-state index >= 15 is 0 Å². The first-order valence-electron chi connectivity index (χ1n) is 5.49. The van der Waals surface area contributed by atoms with E-state index in [1.807, 2.05) is 23.5 Å². The molecule has 2 atom stereocenters. The van der Waals surface area contributed by atoms with Gasteiger partial charge in [0.05, 0.1) is 25.4 Å². The molecule has 0 radical (unpaired) electrons. The first kappa shape index (κ1) is 11.0. The average molecular weight is 254 g/mol. The summed E-state index contributed by atoms with van der Waals surface area (Å²) in [5, 5.41) is 0. The van der Waals surface area contributed by atoms with Crippen LogP contribution in [0.5, 0.6) is 0 Å². The molecule has 3 rings (SSSR count). The Morgan fingerprint density at radius 2 is 1.25 bits per heavy atom. The summed E-state index contributed by atoms with van der Waals surface area (Å²) in [4.78, 5) is 2.67. The predicted octanol–water partition coefficient (Wildman–Crippen LogP) is 2.67. The summed E-state index contributed by atoms with van der Waals surface area (Å²) in [6, 6.07) is 8.79. The summed E-state index contributed by atoms with van der Waals surface area (Å²) in [5.74, 6) is 2.17. The zero-order chi connectivity index (χ0) is 10.8. The van der Waals surface area contributed by atoms with Crippen LogP contribution in [0.1, 0.15) is 0 Å². The smallest absolute Gasteiger partial charge is 0.0903 e. The molecule has 2 aliphatic rings. The lowest BCUT2D eigenvalue weighted by Crippen LogP contribution is -1.89. The number of epoxide rings is 2. The van der Waals surface area contributed by atoms with Crippen molar-refractivity contribution >= 4 is 23.5 Å². The summed E-state index contributed by atoms with van der Waals surface area (Å²) in [7, 11) is 0. The molecule has 16 heavy (non-hydrogen) atoms. The molecule has 0 N–H and O–H groups in total. The molecule has 0 saturated carbocycles. The molecule has 4 heteroatoms. The Bertz CT molecular complexity index is 310. The van der Waals surface area contributed by atoms with Crippen LogP contribution in [0, 0.1) is 0 Å². The van der Waals surface area contributed by atoms with Crippen LogP contribution in [0.15, 0.2) is 34.1 Å². The first-order chi connectivity index (χ1) is 7.90. The minimum atomic E-state index is 0.506. The third-order valence-corrected chi connectivity index (χ3v) is 4.79. The molecule has 2 fully saturated rings. The summed E-state index contributed by atoms with van der Waals surface area (Å²) < 4.78 is 10.4. The zero-order valence-corrected chi connectivity index (χ0v) is 10.6. The molecule has 2 aliphatic heterocycles. The Hall–Kier alpha value is -0.160. The third-order valence-electron chi connectivity index (χ3n) is 2.50. The Balaban J connectivity index is 1.47. The van der Waals surface area contributed by atoms with Gasteiger partial charge in [-0.15, -0.1) is 23.5 Å². The van der Waals surface area contributed by atoms with Gasteiger partial charge in [-0.25, -0.2) is 0 Å². The fourth-order valence-electron chi connectivity index (χ4n) is 1.34. The van der Waals surface area contributed by atoms with Crippen molar-refractivity contribution in [1.29, 1.82) is 0 Å². The second kappa shape index (κ2) is 5.00. The highest BCUT2D eigenvalue weighted by atomic mass is 32.2. The van der Waals surface area contributed by atoms with E-state index in [0.29, 0.717) is 12.2 Å². The lowest BCUT2D eigenvalue weighted by atomic mass is 10.4. The van der Waals surface area contributed by atoms with Gasteiger partial charge in [0.25, 0.3) is 0 Å². The van der Waals surface area contributed by atoms with E-state index in [2.05, 4.69) is 24.3 Å². The van der Waals surface area contributed by atoms with E-state index in [4.69, 9.17) is 9.47 Å². The lowest BCUT2D eigenvalue weighted by molar-refractivity contribution is 0.426. The van der Waals surface area contributed by atoms with Crippen LogP contribution in [0.4, 0.5) is 0 Å². The molecule has 2 unspecified atom stereocenters. The van der Waals surface area contributed by atoms with Crippen LogP contribution in [0.25, 0.3) is 0 Å². The maximum atomic E-state index is 5.19. The van der Waals surface area contributed by atoms with Gasteiger partial charge >= 0.3 is 0 Å². The van der Waals surface area contributed by atoms with Gasteiger partial charge in [0, 0.05) is 21.3 Å². The van der Waals surface area contributed by atoms with Crippen LogP contribution in [0.2, 0.25) is 0 Å². The van der Waals surface area contributed by atoms with Crippen LogP contribution in [-0.2, 0) is 9.47 Å². The number of rotatable bonds is 6. The molecule has 2 nitrogen and oxygen atoms in total. The van der Waals surface area contributed by atoms with E-state index in [-0.39, 0.29) is 0 Å². The van der Waals surface area contributed by atoms with Gasteiger partial charge in [-0.1, -0.05) is 0 Å². The normalized spacial score (nSPS) is 26.8. The monoisotopic (exact) mass is 254 g/mol. The maximum absolute atomic E-state index is 5.19. The van der Waals surface area contributed by atoms with Crippen molar-refractivity contribution in [3.63, 3.8) is 0 Å². The topological polar surface area (TPSA) is 25.1 Å². The molecule has 0 aliphatic carbocycles. The van der Waals surface area contributed by atoms with Gasteiger partial charge < -0.3 is 9.47 Å². The second-order valence-corrected chi connectivity index (χ2v) is 6.19. The molecule has 0 aromatic heterocycles. The van der Waals surface area contributed by atoms with Crippen molar-refractivity contribution in [2.75, 3.05) is 24.7 Å². The van der Waals surface area contributed by atoms with Crippen molar-refractivity contribution in [2.24, 2.45) is 0 Å². The molecule has 2 saturated heterocycles. The third kappa shape index (κ3) is 3.42. The van der Waals surface area contributed by atoms with E-state index in [0.717, 1.165) is 24.7 Å². The SMILES string of the molecule is c1cc(SCC2CO2)ccc1SCC1CO1. The van der Waals surface area contributed by atoms with E-state index in [1.54, 1.807) is 0 Å². The highest BCUT2D eigenvalue weighted by Crippen LogP contribution is 2.28. The Kier molecular flexibility index (Phi) is 3.43. The number of ether oxygens (including phenoxy) is 2. The van der Waals surface area contributed by atoms with E-state index in [1.165, 1.54) is 9.79 Å². The Morgan fingerprint density at radius 3 is 1.56 bits per heavy atom. The summed E-state index contributed by atoms with van der Waals surface area (Å²) >= 11 is 3.76. The second-order valence-electron chi connectivity index (χ2n) is 4.00. The molecule has 0 bridgehead atoms. The van der Waals surface area contributed by atoms with Gasteiger partial charge in [-0.3, -0.25) is 0 Å². The van der Waals surface area contributed by atoms with Crippen molar-refractivity contribution < 1.29 is 9.47 Å². The molecule has 1 aromatic carbocycles. The van der Waals surface area contributed by atoms with Crippen molar-refractivity contribution in [3.05, 3.63) is 24.3 Å². The minimum Gasteiger partial charge on any atom is -0.372 e. The molecular weight excluding hydrogens is 240 g/mol. The molecule has 0 amide bonds. The highest BCUT2D eigenvalue weighted by Gasteiger charge is 2.23. The molecule has 86 valence electrons. The molecule has 2 heterocycles.